The van der Waals surface area contributed by atoms with Crippen molar-refractivity contribution in [2.24, 2.45) is 0 Å². The first-order valence-electron chi connectivity index (χ1n) is 7.43. The van der Waals surface area contributed by atoms with Crippen LogP contribution in [0.2, 0.25) is 0 Å². The number of amides is 1. The Morgan fingerprint density at radius 2 is 2.19 bits per heavy atom. The fraction of sp³-hybridized carbons (Fsp3) is 0.375. The molecular formula is C16H20N4O. The highest BCUT2D eigenvalue weighted by molar-refractivity contribution is 5.81. The highest BCUT2D eigenvalue weighted by Gasteiger charge is 2.19. The van der Waals surface area contributed by atoms with Crippen LogP contribution in [-0.4, -0.2) is 28.3 Å². The van der Waals surface area contributed by atoms with Crippen molar-refractivity contribution in [2.45, 2.75) is 31.8 Å². The molecule has 2 heterocycles. The number of carbonyl (C=O) groups is 1. The first kappa shape index (κ1) is 13.8. The van der Waals surface area contributed by atoms with Crippen molar-refractivity contribution in [1.29, 1.82) is 0 Å². The number of benzene rings is 1. The zero-order valence-electron chi connectivity index (χ0n) is 12.0. The molecule has 0 radical (unpaired) electrons. The molecule has 1 atom stereocenters. The highest BCUT2D eigenvalue weighted by Crippen LogP contribution is 2.09. The molecular weight excluding hydrogens is 264 g/mol. The minimum absolute atomic E-state index is 0.0390. The largest absolute Gasteiger partial charge is 0.351 e. The maximum Gasteiger partial charge on any atom is 0.237 e. The van der Waals surface area contributed by atoms with Crippen molar-refractivity contribution < 1.29 is 4.79 Å². The van der Waals surface area contributed by atoms with Gasteiger partial charge in [-0.2, -0.15) is 5.10 Å². The lowest BCUT2D eigenvalue weighted by Gasteiger charge is -2.22. The van der Waals surface area contributed by atoms with E-state index in [1.807, 2.05) is 41.2 Å². The Morgan fingerprint density at radius 1 is 1.33 bits per heavy atom. The van der Waals surface area contributed by atoms with Crippen LogP contribution in [0.15, 0.2) is 42.7 Å². The van der Waals surface area contributed by atoms with E-state index in [0.29, 0.717) is 6.54 Å². The van der Waals surface area contributed by atoms with Gasteiger partial charge >= 0.3 is 0 Å². The van der Waals surface area contributed by atoms with Crippen LogP contribution in [-0.2, 0) is 11.3 Å². The number of carbonyl (C=O) groups excluding carboxylic acids is 1. The summed E-state index contributed by atoms with van der Waals surface area (Å²) < 4.78 is 1.82. The predicted molar refractivity (Wildman–Crippen MR) is 81.1 cm³/mol. The van der Waals surface area contributed by atoms with Gasteiger partial charge in [0, 0.05) is 18.3 Å². The van der Waals surface area contributed by atoms with Gasteiger partial charge in [-0.3, -0.25) is 4.79 Å². The molecule has 0 spiro atoms. The topological polar surface area (TPSA) is 59.0 Å². The van der Waals surface area contributed by atoms with Crippen molar-refractivity contribution in [3.8, 4) is 5.69 Å². The Balaban J connectivity index is 1.56. The molecule has 1 unspecified atom stereocenters. The van der Waals surface area contributed by atoms with E-state index in [0.717, 1.165) is 37.1 Å². The second-order valence-electron chi connectivity index (χ2n) is 5.35. The Bertz CT molecular complexity index is 587. The number of hydrogen-bond donors (Lipinski definition) is 2. The van der Waals surface area contributed by atoms with E-state index in [9.17, 15) is 4.79 Å². The van der Waals surface area contributed by atoms with Gasteiger partial charge in [0.2, 0.25) is 5.91 Å². The molecule has 110 valence electrons. The molecule has 1 saturated heterocycles. The minimum Gasteiger partial charge on any atom is -0.351 e. The van der Waals surface area contributed by atoms with Gasteiger partial charge in [-0.05, 0) is 31.5 Å². The van der Waals surface area contributed by atoms with Gasteiger partial charge in [-0.15, -0.1) is 0 Å². The number of piperidine rings is 1. The molecule has 1 aliphatic rings. The maximum absolute atomic E-state index is 12.0. The summed E-state index contributed by atoms with van der Waals surface area (Å²) in [5, 5.41) is 10.6. The highest BCUT2D eigenvalue weighted by atomic mass is 16.2. The number of nitrogens with one attached hydrogen (secondary N) is 2. The molecule has 3 rings (SSSR count). The third kappa shape index (κ3) is 3.49. The summed E-state index contributed by atoms with van der Waals surface area (Å²) in [5.74, 6) is 0.0853. The summed E-state index contributed by atoms with van der Waals surface area (Å²) >= 11 is 0. The van der Waals surface area contributed by atoms with E-state index in [1.54, 1.807) is 6.20 Å². The van der Waals surface area contributed by atoms with Crippen LogP contribution < -0.4 is 10.6 Å². The normalized spacial score (nSPS) is 18.4. The molecule has 5 nitrogen and oxygen atoms in total. The van der Waals surface area contributed by atoms with Gasteiger partial charge < -0.3 is 10.6 Å². The SMILES string of the molecule is O=C(NCc1cnn(-c2ccccc2)c1)C1CCCCN1. The van der Waals surface area contributed by atoms with Crippen molar-refractivity contribution >= 4 is 5.91 Å². The van der Waals surface area contributed by atoms with Crippen molar-refractivity contribution in [3.63, 3.8) is 0 Å². The van der Waals surface area contributed by atoms with Gasteiger partial charge in [-0.25, -0.2) is 4.68 Å². The number of rotatable bonds is 4. The molecule has 1 aromatic heterocycles. The third-order valence-electron chi connectivity index (χ3n) is 3.75. The standard InChI is InChI=1S/C16H20N4O/c21-16(15-8-4-5-9-17-15)18-10-13-11-19-20(12-13)14-6-2-1-3-7-14/h1-3,6-7,11-12,15,17H,4-5,8-10H2,(H,18,21). The number of para-hydroxylation sites is 1. The van der Waals surface area contributed by atoms with E-state index in [-0.39, 0.29) is 11.9 Å². The van der Waals surface area contributed by atoms with Crippen LogP contribution in [0.4, 0.5) is 0 Å². The summed E-state index contributed by atoms with van der Waals surface area (Å²) in [7, 11) is 0. The number of hydrogen-bond acceptors (Lipinski definition) is 3. The molecule has 1 aromatic carbocycles. The number of aromatic nitrogens is 2. The fourth-order valence-electron chi connectivity index (χ4n) is 2.56. The van der Waals surface area contributed by atoms with Crippen LogP contribution in [0.5, 0.6) is 0 Å². The van der Waals surface area contributed by atoms with Crippen molar-refractivity contribution in [3.05, 3.63) is 48.3 Å². The molecule has 2 aromatic rings. The molecule has 0 saturated carbocycles. The Labute approximate surface area is 124 Å². The summed E-state index contributed by atoms with van der Waals surface area (Å²) in [6, 6.07) is 9.90. The average molecular weight is 284 g/mol. The summed E-state index contributed by atoms with van der Waals surface area (Å²) in [4.78, 5) is 12.0. The molecule has 1 fully saturated rings. The van der Waals surface area contributed by atoms with Crippen LogP contribution >= 0.6 is 0 Å². The lowest BCUT2D eigenvalue weighted by Crippen LogP contribution is -2.46. The van der Waals surface area contributed by atoms with Crippen molar-refractivity contribution in [1.82, 2.24) is 20.4 Å². The summed E-state index contributed by atoms with van der Waals surface area (Å²) in [6.07, 6.45) is 6.95. The Hall–Kier alpha value is -2.14. The average Bonchev–Trinajstić information content (AvgIpc) is 3.03. The van der Waals surface area contributed by atoms with Crippen molar-refractivity contribution in [2.75, 3.05) is 6.54 Å². The molecule has 0 aliphatic carbocycles. The van der Waals surface area contributed by atoms with Gasteiger partial charge in [0.05, 0.1) is 17.9 Å². The minimum atomic E-state index is -0.0390. The van der Waals surface area contributed by atoms with Gasteiger partial charge in [0.15, 0.2) is 0 Å². The summed E-state index contributed by atoms with van der Waals surface area (Å²) in [6.45, 7) is 1.45. The third-order valence-corrected chi connectivity index (χ3v) is 3.75. The number of nitrogens with zero attached hydrogens (tertiary/aromatic N) is 2. The first-order valence-corrected chi connectivity index (χ1v) is 7.43. The van der Waals surface area contributed by atoms with E-state index in [1.165, 1.54) is 0 Å². The smallest absolute Gasteiger partial charge is 0.237 e. The van der Waals surface area contributed by atoms with E-state index in [4.69, 9.17) is 0 Å². The molecule has 0 bridgehead atoms. The van der Waals surface area contributed by atoms with Gasteiger partial charge in [0.1, 0.15) is 0 Å². The monoisotopic (exact) mass is 284 g/mol. The predicted octanol–water partition coefficient (Wildman–Crippen LogP) is 1.63. The lowest BCUT2D eigenvalue weighted by molar-refractivity contribution is -0.123. The van der Waals surface area contributed by atoms with Crippen LogP contribution in [0, 0.1) is 0 Å². The fourth-order valence-corrected chi connectivity index (χ4v) is 2.56. The zero-order valence-corrected chi connectivity index (χ0v) is 12.0. The Kier molecular flexibility index (Phi) is 4.31. The Morgan fingerprint density at radius 3 is 2.95 bits per heavy atom. The molecule has 1 amide bonds. The second kappa shape index (κ2) is 6.54. The summed E-state index contributed by atoms with van der Waals surface area (Å²) in [5.41, 5.74) is 2.02. The lowest BCUT2D eigenvalue weighted by atomic mass is 10.0. The molecule has 2 N–H and O–H groups in total. The maximum atomic E-state index is 12.0. The van der Waals surface area contributed by atoms with Crippen LogP contribution in [0.3, 0.4) is 0 Å². The van der Waals surface area contributed by atoms with E-state index < -0.39 is 0 Å². The molecule has 21 heavy (non-hydrogen) atoms. The van der Waals surface area contributed by atoms with Crippen LogP contribution in [0.1, 0.15) is 24.8 Å². The zero-order chi connectivity index (χ0) is 14.5. The van der Waals surface area contributed by atoms with E-state index >= 15 is 0 Å². The second-order valence-corrected chi connectivity index (χ2v) is 5.35. The molecule has 5 heteroatoms. The van der Waals surface area contributed by atoms with Crippen LogP contribution in [0.25, 0.3) is 5.69 Å². The quantitative estimate of drug-likeness (QED) is 0.897. The molecule has 1 aliphatic heterocycles. The van der Waals surface area contributed by atoms with Gasteiger partial charge in [-0.1, -0.05) is 24.6 Å². The van der Waals surface area contributed by atoms with E-state index in [2.05, 4.69) is 15.7 Å². The first-order chi connectivity index (χ1) is 10.3. The van der Waals surface area contributed by atoms with Gasteiger partial charge in [0.25, 0.3) is 0 Å².